The molecule has 1 atom stereocenters. The molecule has 1 aromatic heterocycles. The van der Waals surface area contributed by atoms with Gasteiger partial charge in [0.2, 0.25) is 11.8 Å². The Balaban J connectivity index is 1.65. The topological polar surface area (TPSA) is 53.8 Å². The zero-order valence-corrected chi connectivity index (χ0v) is 14.1. The number of carbonyl (C=O) groups is 2. The van der Waals surface area contributed by atoms with Crippen molar-refractivity contribution in [3.8, 4) is 0 Å². The first-order valence-electron chi connectivity index (χ1n) is 8.25. The number of hydrogen-bond donors (Lipinski definition) is 0. The molecule has 1 saturated heterocycles. The van der Waals surface area contributed by atoms with Crippen LogP contribution in [-0.2, 0) is 22.6 Å². The molecule has 2 heterocycles. The van der Waals surface area contributed by atoms with Crippen molar-refractivity contribution in [1.29, 1.82) is 0 Å². The molecule has 0 aliphatic carbocycles. The summed E-state index contributed by atoms with van der Waals surface area (Å²) in [4.78, 5) is 28.3. The molecular weight excluding hydrogens is 304 g/mol. The minimum atomic E-state index is -0.302. The Bertz CT molecular complexity index is 707. The van der Waals surface area contributed by atoms with E-state index < -0.39 is 0 Å². The van der Waals surface area contributed by atoms with Gasteiger partial charge in [-0.3, -0.25) is 9.59 Å². The van der Waals surface area contributed by atoms with Crippen molar-refractivity contribution in [3.63, 3.8) is 0 Å². The smallest absolute Gasteiger partial charge is 0.228 e. The first-order chi connectivity index (χ1) is 11.6. The zero-order valence-electron chi connectivity index (χ0n) is 14.1. The number of nitrogens with zero attached hydrogens (tertiary/aromatic N) is 2. The first-order valence-corrected chi connectivity index (χ1v) is 8.25. The Morgan fingerprint density at radius 2 is 2.04 bits per heavy atom. The SMILES string of the molecule is CCc1ccc(N2C[C@H](C(=O)N(C)Cc3ccco3)CC2=O)cc1. The van der Waals surface area contributed by atoms with Gasteiger partial charge in [-0.25, -0.2) is 0 Å². The Morgan fingerprint density at radius 1 is 1.29 bits per heavy atom. The summed E-state index contributed by atoms with van der Waals surface area (Å²) >= 11 is 0. The molecule has 3 rings (SSSR count). The molecule has 24 heavy (non-hydrogen) atoms. The second-order valence-corrected chi connectivity index (χ2v) is 6.20. The molecule has 0 N–H and O–H groups in total. The van der Waals surface area contributed by atoms with E-state index >= 15 is 0 Å². The van der Waals surface area contributed by atoms with Crippen LogP contribution < -0.4 is 4.90 Å². The van der Waals surface area contributed by atoms with Crippen molar-refractivity contribution in [2.45, 2.75) is 26.3 Å². The molecule has 2 amide bonds. The van der Waals surface area contributed by atoms with Gasteiger partial charge in [0.15, 0.2) is 0 Å². The third kappa shape index (κ3) is 3.35. The van der Waals surface area contributed by atoms with Crippen molar-refractivity contribution in [3.05, 3.63) is 54.0 Å². The summed E-state index contributed by atoms with van der Waals surface area (Å²) in [6.45, 7) is 2.95. The molecule has 1 aliphatic heterocycles. The molecule has 0 radical (unpaired) electrons. The van der Waals surface area contributed by atoms with Crippen LogP contribution in [0.3, 0.4) is 0 Å². The third-order valence-electron chi connectivity index (χ3n) is 4.48. The highest BCUT2D eigenvalue weighted by molar-refractivity contribution is 6.00. The fraction of sp³-hybridized carbons (Fsp3) is 0.368. The summed E-state index contributed by atoms with van der Waals surface area (Å²) < 4.78 is 5.28. The van der Waals surface area contributed by atoms with Gasteiger partial charge in [-0.2, -0.15) is 0 Å². The Morgan fingerprint density at radius 3 is 2.67 bits per heavy atom. The Kier molecular flexibility index (Phi) is 4.69. The first kappa shape index (κ1) is 16.3. The van der Waals surface area contributed by atoms with Gasteiger partial charge in [0.25, 0.3) is 0 Å². The summed E-state index contributed by atoms with van der Waals surface area (Å²) in [5.74, 6) is 0.418. The van der Waals surface area contributed by atoms with E-state index in [-0.39, 0.29) is 24.2 Å². The van der Waals surface area contributed by atoms with Crippen LogP contribution in [0.5, 0.6) is 0 Å². The predicted molar refractivity (Wildman–Crippen MR) is 91.5 cm³/mol. The van der Waals surface area contributed by atoms with E-state index in [9.17, 15) is 9.59 Å². The highest BCUT2D eigenvalue weighted by atomic mass is 16.3. The summed E-state index contributed by atoms with van der Waals surface area (Å²) in [6, 6.07) is 11.6. The van der Waals surface area contributed by atoms with Crippen LogP contribution in [0.1, 0.15) is 24.7 Å². The highest BCUT2D eigenvalue weighted by Gasteiger charge is 2.36. The molecule has 126 valence electrons. The number of aryl methyl sites for hydroxylation is 1. The van der Waals surface area contributed by atoms with E-state index in [4.69, 9.17) is 4.42 Å². The van der Waals surface area contributed by atoms with E-state index in [1.54, 1.807) is 29.2 Å². The van der Waals surface area contributed by atoms with Gasteiger partial charge in [0.05, 0.1) is 18.7 Å². The standard InChI is InChI=1S/C19H22N2O3/c1-3-14-6-8-16(9-7-14)21-12-15(11-18(21)22)19(23)20(2)13-17-5-4-10-24-17/h4-10,15H,3,11-13H2,1-2H3/t15-/m1/s1. The normalized spacial score (nSPS) is 17.3. The van der Waals surface area contributed by atoms with Crippen LogP contribution in [-0.4, -0.2) is 30.3 Å². The van der Waals surface area contributed by atoms with Crippen molar-refractivity contribution in [2.24, 2.45) is 5.92 Å². The summed E-state index contributed by atoms with van der Waals surface area (Å²) in [5.41, 5.74) is 2.09. The predicted octanol–water partition coefficient (Wildman–Crippen LogP) is 2.85. The second kappa shape index (κ2) is 6.91. The van der Waals surface area contributed by atoms with Crippen LogP contribution in [0.2, 0.25) is 0 Å². The quantitative estimate of drug-likeness (QED) is 0.849. The number of carbonyl (C=O) groups excluding carboxylic acids is 2. The van der Waals surface area contributed by atoms with Gasteiger partial charge < -0.3 is 14.2 Å². The third-order valence-corrected chi connectivity index (χ3v) is 4.48. The van der Waals surface area contributed by atoms with E-state index in [1.165, 1.54) is 5.56 Å². The van der Waals surface area contributed by atoms with Crippen LogP contribution in [0.15, 0.2) is 47.1 Å². The van der Waals surface area contributed by atoms with Gasteiger partial charge in [0, 0.05) is 25.7 Å². The largest absolute Gasteiger partial charge is 0.467 e. The number of benzene rings is 1. The lowest BCUT2D eigenvalue weighted by Gasteiger charge is -2.21. The lowest BCUT2D eigenvalue weighted by molar-refractivity contribution is -0.135. The Labute approximate surface area is 141 Å². The van der Waals surface area contributed by atoms with Gasteiger partial charge >= 0.3 is 0 Å². The molecule has 5 nitrogen and oxygen atoms in total. The van der Waals surface area contributed by atoms with Gasteiger partial charge in [-0.15, -0.1) is 0 Å². The molecule has 0 spiro atoms. The monoisotopic (exact) mass is 326 g/mol. The zero-order chi connectivity index (χ0) is 17.1. The summed E-state index contributed by atoms with van der Waals surface area (Å²) in [5, 5.41) is 0. The maximum Gasteiger partial charge on any atom is 0.228 e. The van der Waals surface area contributed by atoms with Crippen molar-refractivity contribution < 1.29 is 14.0 Å². The second-order valence-electron chi connectivity index (χ2n) is 6.20. The molecular formula is C19H22N2O3. The number of amides is 2. The van der Waals surface area contributed by atoms with Crippen molar-refractivity contribution in [2.75, 3.05) is 18.5 Å². The van der Waals surface area contributed by atoms with Gasteiger partial charge in [-0.05, 0) is 36.2 Å². The molecule has 0 bridgehead atoms. The van der Waals surface area contributed by atoms with Crippen molar-refractivity contribution >= 4 is 17.5 Å². The molecule has 1 aliphatic rings. The van der Waals surface area contributed by atoms with Crippen LogP contribution in [0, 0.1) is 5.92 Å². The molecule has 5 heteroatoms. The van der Waals surface area contributed by atoms with E-state index in [2.05, 4.69) is 6.92 Å². The number of hydrogen-bond acceptors (Lipinski definition) is 3. The molecule has 1 aromatic carbocycles. The Hall–Kier alpha value is -2.56. The number of furan rings is 1. The fourth-order valence-corrected chi connectivity index (χ4v) is 3.06. The van der Waals surface area contributed by atoms with Crippen LogP contribution >= 0.6 is 0 Å². The van der Waals surface area contributed by atoms with E-state index in [1.807, 2.05) is 30.3 Å². The average molecular weight is 326 g/mol. The van der Waals surface area contributed by atoms with Gasteiger partial charge in [0.1, 0.15) is 5.76 Å². The number of rotatable bonds is 5. The molecule has 0 saturated carbocycles. The van der Waals surface area contributed by atoms with Crippen LogP contribution in [0.25, 0.3) is 0 Å². The van der Waals surface area contributed by atoms with Crippen molar-refractivity contribution in [1.82, 2.24) is 4.90 Å². The molecule has 1 fully saturated rings. The summed E-state index contributed by atoms with van der Waals surface area (Å²) in [7, 11) is 1.74. The minimum Gasteiger partial charge on any atom is -0.467 e. The molecule has 2 aromatic rings. The highest BCUT2D eigenvalue weighted by Crippen LogP contribution is 2.27. The lowest BCUT2D eigenvalue weighted by Crippen LogP contribution is -2.34. The average Bonchev–Trinajstić information content (AvgIpc) is 3.24. The van der Waals surface area contributed by atoms with Gasteiger partial charge in [-0.1, -0.05) is 19.1 Å². The maximum atomic E-state index is 12.6. The maximum absolute atomic E-state index is 12.6. The number of anilines is 1. The minimum absolute atomic E-state index is 0.00370. The molecule has 0 unspecified atom stereocenters. The lowest BCUT2D eigenvalue weighted by atomic mass is 10.1. The summed E-state index contributed by atoms with van der Waals surface area (Å²) in [6.07, 6.45) is 2.82. The van der Waals surface area contributed by atoms with E-state index in [0.717, 1.165) is 17.9 Å². The van der Waals surface area contributed by atoms with Crippen LogP contribution in [0.4, 0.5) is 5.69 Å². The van der Waals surface area contributed by atoms with E-state index in [0.29, 0.717) is 13.1 Å². The fourth-order valence-electron chi connectivity index (χ4n) is 3.06.